The maximum atomic E-state index is 14.3. The van der Waals surface area contributed by atoms with E-state index in [9.17, 15) is 4.39 Å². The second kappa shape index (κ2) is 5.28. The molecule has 1 saturated heterocycles. The normalized spacial score (nSPS) is 25.6. The van der Waals surface area contributed by atoms with Crippen LogP contribution in [-0.4, -0.2) is 18.2 Å². The van der Waals surface area contributed by atoms with Gasteiger partial charge < -0.3 is 10.1 Å². The Morgan fingerprint density at radius 2 is 2.00 bits per heavy atom. The van der Waals surface area contributed by atoms with Crippen molar-refractivity contribution in [2.75, 3.05) is 7.05 Å². The summed E-state index contributed by atoms with van der Waals surface area (Å²) < 4.78 is 20.5. The van der Waals surface area contributed by atoms with Gasteiger partial charge in [-0.1, -0.05) is 23.7 Å². The molecule has 1 aromatic rings. The van der Waals surface area contributed by atoms with Gasteiger partial charge in [0, 0.05) is 17.5 Å². The third kappa shape index (κ3) is 2.85. The quantitative estimate of drug-likeness (QED) is 0.897. The Labute approximate surface area is 125 Å². The van der Waals surface area contributed by atoms with E-state index in [0.717, 1.165) is 6.42 Å². The van der Waals surface area contributed by atoms with Crippen LogP contribution < -0.4 is 5.32 Å². The highest BCUT2D eigenvalue weighted by Gasteiger charge is 2.49. The Hall–Kier alpha value is -0.640. The van der Waals surface area contributed by atoms with Crippen LogP contribution in [0.25, 0.3) is 0 Å². The summed E-state index contributed by atoms with van der Waals surface area (Å²) in [5.74, 6) is -0.163. The summed E-state index contributed by atoms with van der Waals surface area (Å²) in [5.41, 5.74) is 0.101. The van der Waals surface area contributed by atoms with Crippen molar-refractivity contribution in [3.05, 3.63) is 34.6 Å². The molecule has 0 aromatic heterocycles. The van der Waals surface area contributed by atoms with Gasteiger partial charge in [0.25, 0.3) is 0 Å². The van der Waals surface area contributed by atoms with E-state index in [0.29, 0.717) is 5.56 Å². The summed E-state index contributed by atoms with van der Waals surface area (Å²) in [7, 11) is 1.85. The second-order valence-corrected chi connectivity index (χ2v) is 7.09. The zero-order valence-electron chi connectivity index (χ0n) is 12.8. The van der Waals surface area contributed by atoms with Crippen molar-refractivity contribution in [2.24, 2.45) is 5.92 Å². The maximum Gasteiger partial charge on any atom is 0.146 e. The lowest BCUT2D eigenvalue weighted by Gasteiger charge is -2.33. The van der Waals surface area contributed by atoms with Crippen LogP contribution in [0.1, 0.15) is 45.7 Å². The molecule has 0 aliphatic carbocycles. The van der Waals surface area contributed by atoms with Crippen LogP contribution in [0, 0.1) is 11.7 Å². The van der Waals surface area contributed by atoms with E-state index in [-0.39, 0.29) is 34.0 Å². The lowest BCUT2D eigenvalue weighted by atomic mass is 9.79. The van der Waals surface area contributed by atoms with Gasteiger partial charge in [-0.2, -0.15) is 0 Å². The molecule has 4 heteroatoms. The standard InChI is InChI=1S/C16H23ClFNO/c1-15(2)9-11(16(3,4)20-15)14(19-5)10-7-6-8-12(17)13(10)18/h6-8,11,14,19H,9H2,1-5H3. The molecule has 0 saturated carbocycles. The van der Waals surface area contributed by atoms with E-state index in [1.807, 2.05) is 7.05 Å². The molecule has 2 atom stereocenters. The van der Waals surface area contributed by atoms with E-state index < -0.39 is 0 Å². The Kier molecular flexibility index (Phi) is 4.16. The summed E-state index contributed by atoms with van der Waals surface area (Å²) in [4.78, 5) is 0. The van der Waals surface area contributed by atoms with Crippen LogP contribution in [0.4, 0.5) is 4.39 Å². The highest BCUT2D eigenvalue weighted by molar-refractivity contribution is 6.30. The van der Waals surface area contributed by atoms with Crippen molar-refractivity contribution in [1.29, 1.82) is 0 Å². The van der Waals surface area contributed by atoms with Gasteiger partial charge in [-0.15, -0.1) is 0 Å². The molecule has 0 bridgehead atoms. The summed E-state index contributed by atoms with van der Waals surface area (Å²) >= 11 is 5.91. The monoisotopic (exact) mass is 299 g/mol. The van der Waals surface area contributed by atoms with Gasteiger partial charge in [-0.05, 0) is 47.2 Å². The zero-order chi connectivity index (χ0) is 15.1. The van der Waals surface area contributed by atoms with Crippen molar-refractivity contribution in [1.82, 2.24) is 5.32 Å². The summed E-state index contributed by atoms with van der Waals surface area (Å²) in [6.45, 7) is 8.30. The molecule has 2 unspecified atom stereocenters. The smallest absolute Gasteiger partial charge is 0.146 e. The van der Waals surface area contributed by atoms with Crippen molar-refractivity contribution in [3.8, 4) is 0 Å². The fraction of sp³-hybridized carbons (Fsp3) is 0.625. The molecule has 2 rings (SSSR count). The first-order chi connectivity index (χ1) is 9.18. The van der Waals surface area contributed by atoms with E-state index in [4.69, 9.17) is 16.3 Å². The molecule has 1 aromatic carbocycles. The Morgan fingerprint density at radius 1 is 1.35 bits per heavy atom. The number of halogens is 2. The minimum absolute atomic E-state index is 0.120. The van der Waals surface area contributed by atoms with Crippen LogP contribution in [-0.2, 0) is 4.74 Å². The Bertz CT molecular complexity index is 501. The first kappa shape index (κ1) is 15.7. The summed E-state index contributed by atoms with van der Waals surface area (Å²) in [5, 5.41) is 3.41. The van der Waals surface area contributed by atoms with Crippen molar-refractivity contribution in [3.63, 3.8) is 0 Å². The predicted octanol–water partition coefficient (Wildman–Crippen LogP) is 4.33. The summed E-state index contributed by atoms with van der Waals surface area (Å²) in [6.07, 6.45) is 0.872. The average Bonchev–Trinajstić information content (AvgIpc) is 2.54. The molecule has 1 aliphatic heterocycles. The van der Waals surface area contributed by atoms with Crippen LogP contribution >= 0.6 is 11.6 Å². The van der Waals surface area contributed by atoms with Crippen LogP contribution in [0.3, 0.4) is 0 Å². The number of ether oxygens (including phenoxy) is 1. The van der Waals surface area contributed by atoms with E-state index in [1.165, 1.54) is 0 Å². The first-order valence-corrected chi connectivity index (χ1v) is 7.37. The van der Waals surface area contributed by atoms with Crippen LogP contribution in [0.5, 0.6) is 0 Å². The largest absolute Gasteiger partial charge is 0.369 e. The van der Waals surface area contributed by atoms with Gasteiger partial charge in [0.2, 0.25) is 0 Å². The fourth-order valence-corrected chi connectivity index (χ4v) is 3.64. The predicted molar refractivity (Wildman–Crippen MR) is 80.6 cm³/mol. The molecule has 1 fully saturated rings. The fourth-order valence-electron chi connectivity index (χ4n) is 3.46. The molecule has 1 heterocycles. The molecule has 1 N–H and O–H groups in total. The van der Waals surface area contributed by atoms with Crippen molar-refractivity contribution >= 4 is 11.6 Å². The van der Waals surface area contributed by atoms with E-state index in [2.05, 4.69) is 33.0 Å². The number of hydrogen-bond donors (Lipinski definition) is 1. The maximum absolute atomic E-state index is 14.3. The Morgan fingerprint density at radius 3 is 2.50 bits per heavy atom. The zero-order valence-corrected chi connectivity index (χ0v) is 13.5. The molecule has 1 aliphatic rings. The highest BCUT2D eigenvalue weighted by atomic mass is 35.5. The number of nitrogens with one attached hydrogen (secondary N) is 1. The summed E-state index contributed by atoms with van der Waals surface area (Å²) in [6, 6.07) is 5.04. The van der Waals surface area contributed by atoms with Crippen molar-refractivity contribution < 1.29 is 9.13 Å². The van der Waals surface area contributed by atoms with Crippen LogP contribution in [0.2, 0.25) is 5.02 Å². The topological polar surface area (TPSA) is 21.3 Å². The lowest BCUT2D eigenvalue weighted by molar-refractivity contribution is -0.0777. The molecule has 2 nitrogen and oxygen atoms in total. The average molecular weight is 300 g/mol. The molecule has 112 valence electrons. The Balaban J connectivity index is 2.40. The van der Waals surface area contributed by atoms with Gasteiger partial charge in [0.05, 0.1) is 16.2 Å². The highest BCUT2D eigenvalue weighted by Crippen LogP contribution is 2.48. The van der Waals surface area contributed by atoms with Crippen LogP contribution in [0.15, 0.2) is 18.2 Å². The minimum Gasteiger partial charge on any atom is -0.369 e. The van der Waals surface area contributed by atoms with E-state index >= 15 is 0 Å². The molecule has 0 spiro atoms. The molecule has 0 radical (unpaired) electrons. The van der Waals surface area contributed by atoms with Gasteiger partial charge in [0.1, 0.15) is 5.82 Å². The SMILES string of the molecule is CNC(c1cccc(Cl)c1F)C1CC(C)(C)OC1(C)C. The second-order valence-electron chi connectivity index (χ2n) is 6.69. The molecular weight excluding hydrogens is 277 g/mol. The minimum atomic E-state index is -0.339. The number of rotatable bonds is 3. The first-order valence-electron chi connectivity index (χ1n) is 6.99. The molecular formula is C16H23ClFNO. The third-order valence-electron chi connectivity index (χ3n) is 4.17. The van der Waals surface area contributed by atoms with Gasteiger partial charge in [-0.3, -0.25) is 0 Å². The number of hydrogen-bond acceptors (Lipinski definition) is 2. The molecule has 0 amide bonds. The number of benzene rings is 1. The van der Waals surface area contributed by atoms with Gasteiger partial charge in [-0.25, -0.2) is 4.39 Å². The lowest BCUT2D eigenvalue weighted by Crippen LogP contribution is -2.37. The van der Waals surface area contributed by atoms with Gasteiger partial charge >= 0.3 is 0 Å². The molecule has 20 heavy (non-hydrogen) atoms. The van der Waals surface area contributed by atoms with E-state index in [1.54, 1.807) is 18.2 Å². The van der Waals surface area contributed by atoms with Crippen molar-refractivity contribution in [2.45, 2.75) is 51.4 Å². The third-order valence-corrected chi connectivity index (χ3v) is 4.47. The van der Waals surface area contributed by atoms with Gasteiger partial charge in [0.15, 0.2) is 0 Å².